The molecule has 2 atom stereocenters. The Morgan fingerprint density at radius 3 is 2.16 bits per heavy atom. The predicted molar refractivity (Wildman–Crippen MR) is 81.7 cm³/mol. The molecule has 0 radical (unpaired) electrons. The number of thioether (sulfide) groups is 1. The van der Waals surface area contributed by atoms with Crippen LogP contribution in [-0.4, -0.2) is 13.2 Å². The minimum Gasteiger partial charge on any atom is -0.497 e. The van der Waals surface area contributed by atoms with Crippen LogP contribution in [-0.2, 0) is 0 Å². The van der Waals surface area contributed by atoms with Gasteiger partial charge in [-0.1, -0.05) is 30.3 Å². The van der Waals surface area contributed by atoms with Crippen molar-refractivity contribution in [2.45, 2.75) is 23.1 Å². The van der Waals surface area contributed by atoms with E-state index in [-0.39, 0.29) is 11.3 Å². The molecule has 2 rings (SSSR count). The number of methoxy groups -OCH3 is 1. The fraction of sp³-hybridized carbons (Fsp3) is 0.250. The maximum Gasteiger partial charge on any atom is 0.118 e. The van der Waals surface area contributed by atoms with Gasteiger partial charge in [0.2, 0.25) is 0 Å². The standard InChI is InChI=1S/C16H19NOS/c1-12(17)16(13-6-4-3-5-7-13)19-15-10-8-14(18-2)9-11-15/h3-12,16H,17H2,1-2H3. The molecule has 0 bridgehead atoms. The molecule has 0 saturated carbocycles. The molecule has 19 heavy (non-hydrogen) atoms. The highest BCUT2D eigenvalue weighted by Crippen LogP contribution is 2.37. The van der Waals surface area contributed by atoms with E-state index in [2.05, 4.69) is 36.4 Å². The molecule has 0 aliphatic rings. The molecule has 100 valence electrons. The summed E-state index contributed by atoms with van der Waals surface area (Å²) >= 11 is 1.79. The van der Waals surface area contributed by atoms with Gasteiger partial charge in [-0.15, -0.1) is 11.8 Å². The van der Waals surface area contributed by atoms with E-state index in [0.717, 1.165) is 5.75 Å². The van der Waals surface area contributed by atoms with Crippen LogP contribution in [0.15, 0.2) is 59.5 Å². The van der Waals surface area contributed by atoms with Crippen LogP contribution in [0.3, 0.4) is 0 Å². The fourth-order valence-electron chi connectivity index (χ4n) is 1.92. The SMILES string of the molecule is COc1ccc(SC(c2ccccc2)C(C)N)cc1. The zero-order chi connectivity index (χ0) is 13.7. The third-order valence-electron chi connectivity index (χ3n) is 2.93. The van der Waals surface area contributed by atoms with E-state index < -0.39 is 0 Å². The van der Waals surface area contributed by atoms with Gasteiger partial charge in [-0.2, -0.15) is 0 Å². The van der Waals surface area contributed by atoms with Crippen molar-refractivity contribution in [3.8, 4) is 5.75 Å². The highest BCUT2D eigenvalue weighted by atomic mass is 32.2. The van der Waals surface area contributed by atoms with Crippen molar-refractivity contribution in [3.63, 3.8) is 0 Å². The van der Waals surface area contributed by atoms with Gasteiger partial charge in [0.25, 0.3) is 0 Å². The van der Waals surface area contributed by atoms with Gasteiger partial charge in [0, 0.05) is 16.2 Å². The van der Waals surface area contributed by atoms with E-state index in [1.54, 1.807) is 18.9 Å². The molecule has 2 nitrogen and oxygen atoms in total. The maximum absolute atomic E-state index is 6.13. The smallest absolute Gasteiger partial charge is 0.118 e. The quantitative estimate of drug-likeness (QED) is 0.840. The molecule has 2 aromatic carbocycles. The molecule has 0 aromatic heterocycles. The molecule has 2 aromatic rings. The number of hydrogen-bond acceptors (Lipinski definition) is 3. The molecule has 0 spiro atoms. The first-order valence-corrected chi connectivity index (χ1v) is 7.20. The second kappa shape index (κ2) is 6.64. The Labute approximate surface area is 119 Å². The Bertz CT molecular complexity index is 496. The number of hydrogen-bond donors (Lipinski definition) is 1. The van der Waals surface area contributed by atoms with Crippen LogP contribution in [0.1, 0.15) is 17.7 Å². The Balaban J connectivity index is 2.17. The number of nitrogens with two attached hydrogens (primary N) is 1. The average Bonchev–Trinajstić information content (AvgIpc) is 2.46. The van der Waals surface area contributed by atoms with Crippen LogP contribution >= 0.6 is 11.8 Å². The van der Waals surface area contributed by atoms with Crippen molar-refractivity contribution in [2.24, 2.45) is 5.73 Å². The Hall–Kier alpha value is -1.45. The molecular formula is C16H19NOS. The molecule has 2 N–H and O–H groups in total. The highest BCUT2D eigenvalue weighted by Gasteiger charge is 2.17. The van der Waals surface area contributed by atoms with E-state index >= 15 is 0 Å². The molecular weight excluding hydrogens is 254 g/mol. The van der Waals surface area contributed by atoms with Crippen LogP contribution < -0.4 is 10.5 Å². The summed E-state index contributed by atoms with van der Waals surface area (Å²) in [7, 11) is 1.68. The molecule has 0 fully saturated rings. The summed E-state index contributed by atoms with van der Waals surface area (Å²) in [6.45, 7) is 2.05. The van der Waals surface area contributed by atoms with E-state index in [4.69, 9.17) is 10.5 Å². The minimum absolute atomic E-state index is 0.0921. The lowest BCUT2D eigenvalue weighted by Crippen LogP contribution is -2.22. The van der Waals surface area contributed by atoms with Crippen LogP contribution in [0.4, 0.5) is 0 Å². The minimum atomic E-state index is 0.0921. The van der Waals surface area contributed by atoms with Gasteiger partial charge in [-0.3, -0.25) is 0 Å². The van der Waals surface area contributed by atoms with Gasteiger partial charge < -0.3 is 10.5 Å². The normalized spacial score (nSPS) is 13.8. The van der Waals surface area contributed by atoms with Gasteiger partial charge in [0.05, 0.1) is 7.11 Å². The van der Waals surface area contributed by atoms with E-state index in [1.807, 2.05) is 25.1 Å². The summed E-state index contributed by atoms with van der Waals surface area (Å²) in [6, 6.07) is 18.6. The summed E-state index contributed by atoms with van der Waals surface area (Å²) < 4.78 is 5.17. The first kappa shape index (κ1) is 14.0. The lowest BCUT2D eigenvalue weighted by molar-refractivity contribution is 0.414. The van der Waals surface area contributed by atoms with Crippen LogP contribution in [0.25, 0.3) is 0 Å². The topological polar surface area (TPSA) is 35.2 Å². The number of ether oxygens (including phenoxy) is 1. The van der Waals surface area contributed by atoms with Gasteiger partial charge in [0.15, 0.2) is 0 Å². The van der Waals surface area contributed by atoms with Crippen molar-refractivity contribution >= 4 is 11.8 Å². The zero-order valence-electron chi connectivity index (χ0n) is 11.2. The molecule has 0 aliphatic carbocycles. The van der Waals surface area contributed by atoms with Crippen molar-refractivity contribution in [2.75, 3.05) is 7.11 Å². The largest absolute Gasteiger partial charge is 0.497 e. The number of rotatable bonds is 5. The lowest BCUT2D eigenvalue weighted by atomic mass is 10.1. The average molecular weight is 273 g/mol. The third-order valence-corrected chi connectivity index (χ3v) is 4.43. The summed E-state index contributed by atoms with van der Waals surface area (Å²) in [5.41, 5.74) is 7.39. The van der Waals surface area contributed by atoms with E-state index in [0.29, 0.717) is 0 Å². The van der Waals surface area contributed by atoms with E-state index in [9.17, 15) is 0 Å². The van der Waals surface area contributed by atoms with Crippen molar-refractivity contribution < 1.29 is 4.74 Å². The van der Waals surface area contributed by atoms with Crippen LogP contribution in [0, 0.1) is 0 Å². The Kier molecular flexibility index (Phi) is 4.88. The first-order chi connectivity index (χ1) is 9.20. The second-order valence-electron chi connectivity index (χ2n) is 4.48. The van der Waals surface area contributed by atoms with Gasteiger partial charge >= 0.3 is 0 Å². The fourth-order valence-corrected chi connectivity index (χ4v) is 3.02. The third kappa shape index (κ3) is 3.75. The lowest BCUT2D eigenvalue weighted by Gasteiger charge is -2.21. The monoisotopic (exact) mass is 273 g/mol. The zero-order valence-corrected chi connectivity index (χ0v) is 12.1. The molecule has 0 amide bonds. The number of benzene rings is 2. The molecule has 0 saturated heterocycles. The molecule has 2 unspecified atom stereocenters. The predicted octanol–water partition coefficient (Wildman–Crippen LogP) is 3.88. The highest BCUT2D eigenvalue weighted by molar-refractivity contribution is 7.99. The summed E-state index contributed by atoms with van der Waals surface area (Å²) in [5.74, 6) is 0.876. The Morgan fingerprint density at radius 1 is 1.00 bits per heavy atom. The Morgan fingerprint density at radius 2 is 1.63 bits per heavy atom. The van der Waals surface area contributed by atoms with Gasteiger partial charge in [-0.25, -0.2) is 0 Å². The van der Waals surface area contributed by atoms with Crippen LogP contribution in [0.2, 0.25) is 0 Å². The van der Waals surface area contributed by atoms with Gasteiger partial charge in [-0.05, 0) is 36.8 Å². The summed E-state index contributed by atoms with van der Waals surface area (Å²) in [5, 5.41) is 0.259. The van der Waals surface area contributed by atoms with Crippen LogP contribution in [0.5, 0.6) is 5.75 Å². The summed E-state index contributed by atoms with van der Waals surface area (Å²) in [4.78, 5) is 1.20. The maximum atomic E-state index is 6.13. The first-order valence-electron chi connectivity index (χ1n) is 6.32. The van der Waals surface area contributed by atoms with Gasteiger partial charge in [0.1, 0.15) is 5.75 Å². The molecule has 0 aliphatic heterocycles. The summed E-state index contributed by atoms with van der Waals surface area (Å²) in [6.07, 6.45) is 0. The van der Waals surface area contributed by atoms with E-state index in [1.165, 1.54) is 10.5 Å². The van der Waals surface area contributed by atoms with Crippen molar-refractivity contribution in [1.82, 2.24) is 0 Å². The van der Waals surface area contributed by atoms with Crippen molar-refractivity contribution in [1.29, 1.82) is 0 Å². The molecule has 3 heteroatoms. The molecule has 0 heterocycles. The van der Waals surface area contributed by atoms with Crippen molar-refractivity contribution in [3.05, 3.63) is 60.2 Å². The second-order valence-corrected chi connectivity index (χ2v) is 5.70.